The predicted octanol–water partition coefficient (Wildman–Crippen LogP) is 4.62. The van der Waals surface area contributed by atoms with Crippen molar-refractivity contribution in [1.29, 1.82) is 0 Å². The summed E-state index contributed by atoms with van der Waals surface area (Å²) in [7, 11) is 0. The number of H-pyrrole nitrogens is 1. The number of anilines is 1. The van der Waals surface area contributed by atoms with Gasteiger partial charge in [-0.15, -0.1) is 0 Å². The number of aryl methyl sites for hydroxylation is 2. The number of nitrogens with one attached hydrogen (secondary N) is 2. The van der Waals surface area contributed by atoms with Crippen molar-refractivity contribution >= 4 is 22.6 Å². The maximum Gasteiger partial charge on any atom is 0.291 e. The van der Waals surface area contributed by atoms with Crippen LogP contribution < -0.4 is 10.1 Å². The van der Waals surface area contributed by atoms with Gasteiger partial charge in [0.15, 0.2) is 5.82 Å². The molecule has 2 heterocycles. The van der Waals surface area contributed by atoms with E-state index < -0.39 is 0 Å². The Bertz CT molecular complexity index is 1120. The third-order valence-electron chi connectivity index (χ3n) is 4.36. The normalized spacial score (nSPS) is 10.7. The summed E-state index contributed by atoms with van der Waals surface area (Å²) >= 11 is 0. The van der Waals surface area contributed by atoms with Crippen molar-refractivity contribution in [3.63, 3.8) is 0 Å². The largest absolute Gasteiger partial charge is 0.456 e. The first kappa shape index (κ1) is 16.8. The number of aromatic nitrogens is 3. The van der Waals surface area contributed by atoms with Crippen LogP contribution in [0.5, 0.6) is 11.5 Å². The van der Waals surface area contributed by atoms with E-state index in [1.165, 1.54) is 0 Å². The van der Waals surface area contributed by atoms with Gasteiger partial charge in [-0.3, -0.25) is 9.78 Å². The number of aromatic amines is 1. The van der Waals surface area contributed by atoms with Crippen LogP contribution >= 0.6 is 0 Å². The Hall–Kier alpha value is -3.67. The summed E-state index contributed by atoms with van der Waals surface area (Å²) in [6.45, 7) is 4.02. The van der Waals surface area contributed by atoms with Crippen molar-refractivity contribution < 1.29 is 9.53 Å². The molecule has 0 aliphatic rings. The minimum atomic E-state index is -0.304. The zero-order chi connectivity index (χ0) is 18.8. The summed E-state index contributed by atoms with van der Waals surface area (Å²) in [5.74, 6) is 1.21. The van der Waals surface area contributed by atoms with Crippen LogP contribution in [0.25, 0.3) is 11.0 Å². The van der Waals surface area contributed by atoms with E-state index in [9.17, 15) is 4.79 Å². The fraction of sp³-hybridized carbons (Fsp3) is 0.0952. The van der Waals surface area contributed by atoms with Gasteiger partial charge >= 0.3 is 0 Å². The number of hydrogen-bond acceptors (Lipinski definition) is 4. The highest BCUT2D eigenvalue weighted by Gasteiger charge is 2.14. The van der Waals surface area contributed by atoms with Gasteiger partial charge in [-0.25, -0.2) is 4.98 Å². The molecule has 0 saturated carbocycles. The molecule has 134 valence electrons. The van der Waals surface area contributed by atoms with E-state index in [4.69, 9.17) is 4.74 Å². The Morgan fingerprint density at radius 1 is 1.07 bits per heavy atom. The molecule has 0 aliphatic heterocycles. The summed E-state index contributed by atoms with van der Waals surface area (Å²) in [4.78, 5) is 24.1. The number of ether oxygens (including phenoxy) is 1. The Morgan fingerprint density at radius 3 is 2.74 bits per heavy atom. The van der Waals surface area contributed by atoms with E-state index in [0.717, 1.165) is 22.2 Å². The van der Waals surface area contributed by atoms with Crippen LogP contribution in [0.3, 0.4) is 0 Å². The standard InChI is InChI=1S/C21H18N4O2/c1-13-8-9-18-19(14(13)2)25-20(24-18)21(26)23-15-5-3-6-16(11-15)27-17-7-4-10-22-12-17/h3-12H,1-2H3,(H,23,26)(H,24,25). The summed E-state index contributed by atoms with van der Waals surface area (Å²) in [5, 5.41) is 2.85. The van der Waals surface area contributed by atoms with Crippen LogP contribution in [0.2, 0.25) is 0 Å². The number of benzene rings is 2. The van der Waals surface area contributed by atoms with Crippen LogP contribution in [0.15, 0.2) is 60.9 Å². The molecule has 0 unspecified atom stereocenters. The second-order valence-electron chi connectivity index (χ2n) is 6.26. The molecule has 4 rings (SSSR count). The molecule has 6 nitrogen and oxygen atoms in total. The molecule has 0 atom stereocenters. The topological polar surface area (TPSA) is 79.9 Å². The lowest BCUT2D eigenvalue weighted by atomic mass is 10.1. The average Bonchev–Trinajstić information content (AvgIpc) is 3.11. The summed E-state index contributed by atoms with van der Waals surface area (Å²) < 4.78 is 5.75. The number of fused-ring (bicyclic) bond motifs is 1. The molecule has 0 fully saturated rings. The molecule has 0 bridgehead atoms. The Kier molecular flexibility index (Phi) is 4.30. The van der Waals surface area contributed by atoms with Crippen LogP contribution in [0.1, 0.15) is 21.7 Å². The van der Waals surface area contributed by atoms with Gasteiger partial charge in [0.05, 0.1) is 17.2 Å². The third-order valence-corrected chi connectivity index (χ3v) is 4.36. The molecule has 6 heteroatoms. The van der Waals surface area contributed by atoms with E-state index >= 15 is 0 Å². The lowest BCUT2D eigenvalue weighted by molar-refractivity contribution is 0.101. The Morgan fingerprint density at radius 2 is 1.93 bits per heavy atom. The predicted molar refractivity (Wildman–Crippen MR) is 104 cm³/mol. The average molecular weight is 358 g/mol. The first-order chi connectivity index (χ1) is 13.1. The van der Waals surface area contributed by atoms with Crippen molar-refractivity contribution in [3.8, 4) is 11.5 Å². The molecule has 2 aromatic carbocycles. The molecule has 27 heavy (non-hydrogen) atoms. The summed E-state index contributed by atoms with van der Waals surface area (Å²) in [6.07, 6.45) is 3.31. The van der Waals surface area contributed by atoms with E-state index in [0.29, 0.717) is 17.2 Å². The molecule has 2 aromatic heterocycles. The van der Waals surface area contributed by atoms with Crippen molar-refractivity contribution in [2.45, 2.75) is 13.8 Å². The van der Waals surface area contributed by atoms with Crippen molar-refractivity contribution in [3.05, 3.63) is 77.9 Å². The monoisotopic (exact) mass is 358 g/mol. The fourth-order valence-electron chi connectivity index (χ4n) is 2.79. The van der Waals surface area contributed by atoms with Gasteiger partial charge in [-0.2, -0.15) is 0 Å². The SMILES string of the molecule is Cc1ccc2[nH]c(C(=O)Nc3cccc(Oc4cccnc4)c3)nc2c1C. The first-order valence-electron chi connectivity index (χ1n) is 8.55. The van der Waals surface area contributed by atoms with Crippen LogP contribution in [-0.4, -0.2) is 20.9 Å². The quantitative estimate of drug-likeness (QED) is 0.558. The number of pyridine rings is 1. The third kappa shape index (κ3) is 3.50. The molecule has 0 saturated heterocycles. The van der Waals surface area contributed by atoms with Gasteiger partial charge in [0, 0.05) is 18.0 Å². The highest BCUT2D eigenvalue weighted by Crippen LogP contribution is 2.24. The minimum Gasteiger partial charge on any atom is -0.456 e. The zero-order valence-corrected chi connectivity index (χ0v) is 15.0. The zero-order valence-electron chi connectivity index (χ0n) is 15.0. The molecular formula is C21H18N4O2. The number of carbonyl (C=O) groups excluding carboxylic acids is 1. The van der Waals surface area contributed by atoms with Gasteiger partial charge in [-0.1, -0.05) is 12.1 Å². The van der Waals surface area contributed by atoms with Crippen LogP contribution in [-0.2, 0) is 0 Å². The minimum absolute atomic E-state index is 0.275. The number of rotatable bonds is 4. The lowest BCUT2D eigenvalue weighted by Crippen LogP contribution is -2.13. The first-order valence-corrected chi connectivity index (χ1v) is 8.55. The molecule has 0 aliphatic carbocycles. The van der Waals surface area contributed by atoms with Gasteiger partial charge in [-0.05, 0) is 55.3 Å². The summed E-state index contributed by atoms with van der Waals surface area (Å²) in [5.41, 5.74) is 4.48. The second-order valence-corrected chi connectivity index (χ2v) is 6.26. The molecule has 0 radical (unpaired) electrons. The van der Waals surface area contributed by atoms with Crippen molar-refractivity contribution in [2.24, 2.45) is 0 Å². The molecule has 2 N–H and O–H groups in total. The Labute approximate surface area is 156 Å². The number of hydrogen-bond donors (Lipinski definition) is 2. The molecule has 1 amide bonds. The van der Waals surface area contributed by atoms with Gasteiger partial charge in [0.1, 0.15) is 11.5 Å². The highest BCUT2D eigenvalue weighted by atomic mass is 16.5. The lowest BCUT2D eigenvalue weighted by Gasteiger charge is -2.08. The molecule has 4 aromatic rings. The van der Waals surface area contributed by atoms with E-state index in [2.05, 4.69) is 20.3 Å². The smallest absolute Gasteiger partial charge is 0.291 e. The highest BCUT2D eigenvalue weighted by molar-refractivity contribution is 6.03. The fourth-order valence-corrected chi connectivity index (χ4v) is 2.79. The second kappa shape index (κ2) is 6.92. The Balaban J connectivity index is 1.54. The number of amides is 1. The van der Waals surface area contributed by atoms with Crippen molar-refractivity contribution in [2.75, 3.05) is 5.32 Å². The van der Waals surface area contributed by atoms with Crippen LogP contribution in [0.4, 0.5) is 5.69 Å². The van der Waals surface area contributed by atoms with Gasteiger partial charge in [0.25, 0.3) is 5.91 Å². The maximum atomic E-state index is 12.6. The van der Waals surface area contributed by atoms with Gasteiger partial charge in [0.2, 0.25) is 0 Å². The summed E-state index contributed by atoms with van der Waals surface area (Å²) in [6, 6.07) is 14.7. The molecular weight excluding hydrogens is 340 g/mol. The molecule has 0 spiro atoms. The van der Waals surface area contributed by atoms with Crippen LogP contribution in [0, 0.1) is 13.8 Å². The number of carbonyl (C=O) groups is 1. The van der Waals surface area contributed by atoms with E-state index in [1.807, 2.05) is 44.2 Å². The van der Waals surface area contributed by atoms with E-state index in [1.54, 1.807) is 30.6 Å². The van der Waals surface area contributed by atoms with E-state index in [-0.39, 0.29) is 11.7 Å². The van der Waals surface area contributed by atoms with Crippen molar-refractivity contribution in [1.82, 2.24) is 15.0 Å². The number of nitrogens with zero attached hydrogens (tertiary/aromatic N) is 2. The number of imidazole rings is 1. The maximum absolute atomic E-state index is 12.6. The van der Waals surface area contributed by atoms with Gasteiger partial charge < -0.3 is 15.0 Å².